The van der Waals surface area contributed by atoms with E-state index >= 15 is 0 Å². The molecular weight excluding hydrogens is 732 g/mol. The van der Waals surface area contributed by atoms with Gasteiger partial charge in [-0.05, 0) is 66.6 Å². The van der Waals surface area contributed by atoms with Gasteiger partial charge in [0.1, 0.15) is 11.5 Å². The van der Waals surface area contributed by atoms with Gasteiger partial charge in [0, 0.05) is 92.8 Å². The molecule has 4 N–H and O–H groups in total. The number of nitrogens with zero attached hydrogens (tertiary/aromatic N) is 5. The zero-order valence-corrected chi connectivity index (χ0v) is 32.0. The Morgan fingerprint density at radius 2 is 1.66 bits per heavy atom. The van der Waals surface area contributed by atoms with Crippen molar-refractivity contribution in [2.45, 2.75) is 63.7 Å². The minimum atomic E-state index is -1.02. The van der Waals surface area contributed by atoms with Gasteiger partial charge in [0.25, 0.3) is 5.56 Å². The molecular formula is C42H43ClN8O5. The topological polar surface area (TPSA) is 161 Å². The summed E-state index contributed by atoms with van der Waals surface area (Å²) in [5.74, 6) is 0.713. The highest BCUT2D eigenvalue weighted by molar-refractivity contribution is 6.36. The Hall–Kier alpha value is -5.79. The van der Waals surface area contributed by atoms with Gasteiger partial charge in [0.2, 0.25) is 11.8 Å². The van der Waals surface area contributed by atoms with Crippen LogP contribution in [0.1, 0.15) is 54.8 Å². The molecule has 3 atom stereocenters. The lowest BCUT2D eigenvalue weighted by Crippen LogP contribution is -2.45. The Bertz CT molecular complexity index is 2440. The Morgan fingerprint density at radius 1 is 0.946 bits per heavy atom. The number of carbonyl (C=O) groups excluding carboxylic acids is 2. The first-order valence-electron chi connectivity index (χ1n) is 19.0. The fourth-order valence-corrected chi connectivity index (χ4v) is 8.58. The highest BCUT2D eigenvalue weighted by Crippen LogP contribution is 2.42. The summed E-state index contributed by atoms with van der Waals surface area (Å²) in [4.78, 5) is 62.3. The normalized spacial score (nSPS) is 19.2. The van der Waals surface area contributed by atoms with Crippen molar-refractivity contribution in [2.24, 2.45) is 0 Å². The van der Waals surface area contributed by atoms with E-state index in [-0.39, 0.29) is 36.0 Å². The Morgan fingerprint density at radius 3 is 2.39 bits per heavy atom. The number of hydrogen-bond donors (Lipinski definition) is 4. The standard InChI is InChI=1S/C42H43ClN8O5/c1-24-29(25-15-18-50-36(19-25)45-21-26(41(50)54)20-44-22-27-9-13-37(52)46-27)5-3-6-30(24)31-7-4-8-32(39(31)43)34-12-11-33-35(16-17-49(2)40(33)48-34)51(42(55)56)23-28-10-14-38(53)47-28/h3-8,11-12,15,18-19,21,27-28,35,44H,9-10,13-14,16-17,20,22-23H2,1-2H3,(H,46,52)(H,47,53)(H,55,56). The van der Waals surface area contributed by atoms with E-state index in [0.717, 1.165) is 45.4 Å². The number of benzene rings is 2. The third-order valence-electron chi connectivity index (χ3n) is 11.3. The summed E-state index contributed by atoms with van der Waals surface area (Å²) >= 11 is 7.24. The van der Waals surface area contributed by atoms with Crippen LogP contribution in [0, 0.1) is 6.92 Å². The number of carboxylic acid groups (broad SMARTS) is 1. The van der Waals surface area contributed by atoms with Crippen molar-refractivity contribution in [1.82, 2.24) is 35.2 Å². The van der Waals surface area contributed by atoms with Crippen LogP contribution in [0.4, 0.5) is 10.6 Å². The molecule has 56 heavy (non-hydrogen) atoms. The smallest absolute Gasteiger partial charge is 0.407 e. The van der Waals surface area contributed by atoms with Crippen molar-refractivity contribution < 1.29 is 19.5 Å². The predicted octanol–water partition coefficient (Wildman–Crippen LogP) is 5.56. The molecule has 3 unspecified atom stereocenters. The molecule has 13 nitrogen and oxygen atoms in total. The monoisotopic (exact) mass is 774 g/mol. The van der Waals surface area contributed by atoms with Gasteiger partial charge in [-0.25, -0.2) is 14.8 Å². The third kappa shape index (κ3) is 7.19. The second-order valence-electron chi connectivity index (χ2n) is 14.9. The number of nitrogens with one attached hydrogen (secondary N) is 3. The molecule has 0 spiro atoms. The minimum absolute atomic E-state index is 0.0480. The van der Waals surface area contributed by atoms with Crippen LogP contribution in [0.25, 0.3) is 39.2 Å². The van der Waals surface area contributed by atoms with Crippen LogP contribution in [0.5, 0.6) is 0 Å². The largest absolute Gasteiger partial charge is 0.465 e. The lowest BCUT2D eigenvalue weighted by Gasteiger charge is -2.38. The van der Waals surface area contributed by atoms with Crippen LogP contribution in [0.2, 0.25) is 5.02 Å². The van der Waals surface area contributed by atoms with E-state index in [2.05, 4.69) is 27.9 Å². The maximum atomic E-state index is 13.3. The van der Waals surface area contributed by atoms with E-state index in [4.69, 9.17) is 16.6 Å². The molecule has 6 heterocycles. The zero-order valence-electron chi connectivity index (χ0n) is 31.2. The van der Waals surface area contributed by atoms with E-state index in [1.807, 2.05) is 72.6 Å². The molecule has 0 bridgehead atoms. The fraction of sp³-hybridized carbons (Fsp3) is 0.333. The molecule has 288 valence electrons. The van der Waals surface area contributed by atoms with Crippen molar-refractivity contribution in [1.29, 1.82) is 0 Å². The van der Waals surface area contributed by atoms with Crippen molar-refractivity contribution >= 4 is 41.0 Å². The summed E-state index contributed by atoms with van der Waals surface area (Å²) < 4.78 is 1.55. The van der Waals surface area contributed by atoms with Crippen molar-refractivity contribution in [3.8, 4) is 33.5 Å². The number of pyridine rings is 2. The van der Waals surface area contributed by atoms with Crippen LogP contribution in [0.15, 0.2) is 77.9 Å². The second-order valence-corrected chi connectivity index (χ2v) is 15.3. The Balaban J connectivity index is 1.06. The van der Waals surface area contributed by atoms with E-state index in [1.165, 1.54) is 4.90 Å². The van der Waals surface area contributed by atoms with Gasteiger partial charge < -0.3 is 26.0 Å². The lowest BCUT2D eigenvalue weighted by molar-refractivity contribution is -0.120. The second kappa shape index (κ2) is 15.4. The molecule has 8 rings (SSSR count). The van der Waals surface area contributed by atoms with Gasteiger partial charge in [-0.15, -0.1) is 0 Å². The molecule has 0 radical (unpaired) electrons. The first-order valence-corrected chi connectivity index (χ1v) is 19.3. The summed E-state index contributed by atoms with van der Waals surface area (Å²) in [6, 6.07) is 19.1. The summed E-state index contributed by atoms with van der Waals surface area (Å²) in [5, 5.41) is 19.9. The van der Waals surface area contributed by atoms with Crippen LogP contribution in [-0.4, -0.2) is 81.0 Å². The Labute approximate surface area is 328 Å². The van der Waals surface area contributed by atoms with Gasteiger partial charge in [0.15, 0.2) is 0 Å². The number of aromatic nitrogens is 3. The van der Waals surface area contributed by atoms with Crippen LogP contribution in [0.3, 0.4) is 0 Å². The van der Waals surface area contributed by atoms with E-state index < -0.39 is 12.1 Å². The average molecular weight is 775 g/mol. The quantitative estimate of drug-likeness (QED) is 0.142. The molecule has 5 aromatic rings. The van der Waals surface area contributed by atoms with E-state index in [0.29, 0.717) is 73.1 Å². The van der Waals surface area contributed by atoms with Gasteiger partial charge in [0.05, 0.1) is 16.8 Å². The van der Waals surface area contributed by atoms with Crippen molar-refractivity contribution in [3.05, 3.63) is 105 Å². The predicted molar refractivity (Wildman–Crippen MR) is 215 cm³/mol. The van der Waals surface area contributed by atoms with Crippen molar-refractivity contribution in [3.63, 3.8) is 0 Å². The van der Waals surface area contributed by atoms with Gasteiger partial charge in [-0.3, -0.25) is 23.7 Å². The highest BCUT2D eigenvalue weighted by atomic mass is 35.5. The minimum Gasteiger partial charge on any atom is -0.465 e. The van der Waals surface area contributed by atoms with Gasteiger partial charge in [-0.1, -0.05) is 54.1 Å². The molecule has 14 heteroatoms. The van der Waals surface area contributed by atoms with Crippen LogP contribution in [-0.2, 0) is 16.1 Å². The van der Waals surface area contributed by atoms with E-state index in [9.17, 15) is 24.3 Å². The number of halogens is 1. The molecule has 3 amide bonds. The SMILES string of the molecule is Cc1c(-c2ccn3c(=O)c(CNCC4CCC(=O)N4)cnc3c2)cccc1-c1cccc(-c2ccc3c(n2)N(C)CCC3N(CC2CCC(=O)N2)C(=O)O)c1Cl. The molecule has 0 saturated carbocycles. The number of amides is 3. The summed E-state index contributed by atoms with van der Waals surface area (Å²) in [7, 11) is 1.96. The number of rotatable bonds is 10. The molecule has 2 fully saturated rings. The summed E-state index contributed by atoms with van der Waals surface area (Å²) in [5.41, 5.74) is 7.87. The molecule has 3 aromatic heterocycles. The third-order valence-corrected chi connectivity index (χ3v) is 11.7. The first kappa shape index (κ1) is 37.1. The number of carbonyl (C=O) groups is 3. The highest BCUT2D eigenvalue weighted by Gasteiger charge is 2.35. The average Bonchev–Trinajstić information content (AvgIpc) is 3.81. The summed E-state index contributed by atoms with van der Waals surface area (Å²) in [6.07, 6.45) is 5.29. The van der Waals surface area contributed by atoms with Gasteiger partial charge >= 0.3 is 6.09 Å². The lowest BCUT2D eigenvalue weighted by atomic mass is 9.91. The Kier molecular flexibility index (Phi) is 10.2. The van der Waals surface area contributed by atoms with Crippen LogP contribution < -0.4 is 26.4 Å². The van der Waals surface area contributed by atoms with E-state index in [1.54, 1.807) is 16.8 Å². The number of hydrogen-bond acceptors (Lipinski definition) is 8. The number of fused-ring (bicyclic) bond motifs is 2. The molecule has 3 aliphatic heterocycles. The fourth-order valence-electron chi connectivity index (χ4n) is 8.26. The number of anilines is 1. The molecule has 2 saturated heterocycles. The molecule has 3 aliphatic rings. The van der Waals surface area contributed by atoms with Crippen molar-refractivity contribution in [2.75, 3.05) is 31.6 Å². The zero-order chi connectivity index (χ0) is 39.1. The summed E-state index contributed by atoms with van der Waals surface area (Å²) in [6.45, 7) is 3.84. The van der Waals surface area contributed by atoms with Gasteiger partial charge in [-0.2, -0.15) is 0 Å². The first-order chi connectivity index (χ1) is 27.0. The molecule has 2 aromatic carbocycles. The maximum absolute atomic E-state index is 13.3. The van der Waals surface area contributed by atoms with Crippen LogP contribution >= 0.6 is 11.6 Å². The molecule has 0 aliphatic carbocycles. The maximum Gasteiger partial charge on any atom is 0.407 e.